The first-order valence-electron chi connectivity index (χ1n) is 9.28. The topological polar surface area (TPSA) is 89.8 Å². The van der Waals surface area contributed by atoms with Gasteiger partial charge in [-0.3, -0.25) is 4.40 Å². The number of nitrogens with one attached hydrogen (secondary N) is 2. The zero-order chi connectivity index (χ0) is 21.1. The van der Waals surface area contributed by atoms with Gasteiger partial charge in [-0.2, -0.15) is 0 Å². The Morgan fingerprint density at radius 1 is 0.967 bits per heavy atom. The van der Waals surface area contributed by atoms with Gasteiger partial charge in [-0.05, 0) is 25.1 Å². The summed E-state index contributed by atoms with van der Waals surface area (Å²) in [7, 11) is 3.11. The van der Waals surface area contributed by atoms with Crippen LogP contribution in [-0.4, -0.2) is 34.6 Å². The maximum absolute atomic E-state index is 12.5. The van der Waals surface area contributed by atoms with Gasteiger partial charge in [-0.1, -0.05) is 12.1 Å². The molecular weight excluding hydrogens is 382 g/mol. The van der Waals surface area contributed by atoms with Crippen molar-refractivity contribution in [3.63, 3.8) is 0 Å². The lowest BCUT2D eigenvalue weighted by Crippen LogP contribution is -2.19. The van der Waals surface area contributed by atoms with Gasteiger partial charge in [0.15, 0.2) is 0 Å². The van der Waals surface area contributed by atoms with Crippen LogP contribution in [0.2, 0.25) is 0 Å². The number of rotatable bonds is 5. The number of ether oxygens (including phenoxy) is 2. The average Bonchev–Trinajstić information content (AvgIpc) is 3.10. The predicted molar refractivity (Wildman–Crippen MR) is 115 cm³/mol. The maximum Gasteiger partial charge on any atom is 0.323 e. The number of urea groups is 1. The molecule has 0 saturated carbocycles. The molecule has 0 atom stereocenters. The van der Waals surface area contributed by atoms with Crippen LogP contribution in [0.15, 0.2) is 60.9 Å². The van der Waals surface area contributed by atoms with E-state index in [2.05, 4.69) is 20.6 Å². The summed E-state index contributed by atoms with van der Waals surface area (Å²) < 4.78 is 12.4. The predicted octanol–water partition coefficient (Wildman–Crippen LogP) is 4.37. The van der Waals surface area contributed by atoms with Crippen molar-refractivity contribution in [3.8, 4) is 22.8 Å². The molecule has 8 nitrogen and oxygen atoms in total. The third-order valence-electron chi connectivity index (χ3n) is 4.65. The van der Waals surface area contributed by atoms with Crippen molar-refractivity contribution >= 4 is 23.2 Å². The van der Waals surface area contributed by atoms with Crippen molar-refractivity contribution in [1.29, 1.82) is 0 Å². The summed E-state index contributed by atoms with van der Waals surface area (Å²) in [6.07, 6.45) is 3.63. The number of hydrogen-bond acceptors (Lipinski definition) is 5. The van der Waals surface area contributed by atoms with Gasteiger partial charge in [-0.25, -0.2) is 14.8 Å². The molecule has 0 spiro atoms. The number of aryl methyl sites for hydroxylation is 1. The largest absolute Gasteiger partial charge is 0.497 e. The first-order chi connectivity index (χ1) is 14.6. The van der Waals surface area contributed by atoms with Crippen molar-refractivity contribution < 1.29 is 14.3 Å². The Balaban J connectivity index is 1.54. The smallest absolute Gasteiger partial charge is 0.323 e. The molecule has 4 rings (SSSR count). The first-order valence-corrected chi connectivity index (χ1v) is 9.28. The minimum absolute atomic E-state index is 0.379. The number of amides is 2. The van der Waals surface area contributed by atoms with E-state index in [0.717, 1.165) is 17.0 Å². The van der Waals surface area contributed by atoms with Crippen LogP contribution in [0, 0.1) is 6.92 Å². The molecule has 0 fully saturated rings. The number of carbonyl (C=O) groups excluding carboxylic acids is 1. The van der Waals surface area contributed by atoms with E-state index in [1.165, 1.54) is 0 Å². The van der Waals surface area contributed by atoms with E-state index >= 15 is 0 Å². The lowest BCUT2D eigenvalue weighted by molar-refractivity contribution is 0.262. The molecule has 2 aromatic heterocycles. The minimum atomic E-state index is -0.379. The lowest BCUT2D eigenvalue weighted by atomic mass is 10.1. The number of nitrogens with zero attached hydrogens (tertiary/aromatic N) is 3. The average molecular weight is 403 g/mol. The fraction of sp³-hybridized carbons (Fsp3) is 0.136. The SMILES string of the molecule is COc1cc(NC(=O)Nc2cccc(-c3nc4ncccn4c3C)c2)cc(OC)c1. The Bertz CT molecular complexity index is 1200. The van der Waals surface area contributed by atoms with E-state index in [1.54, 1.807) is 38.6 Å². The van der Waals surface area contributed by atoms with Gasteiger partial charge in [0, 0.05) is 53.2 Å². The molecule has 0 radical (unpaired) electrons. The highest BCUT2D eigenvalue weighted by Gasteiger charge is 2.12. The Morgan fingerprint density at radius 3 is 2.40 bits per heavy atom. The Hall–Kier alpha value is -4.07. The van der Waals surface area contributed by atoms with E-state index in [9.17, 15) is 4.79 Å². The first kappa shape index (κ1) is 19.3. The zero-order valence-electron chi connectivity index (χ0n) is 16.8. The number of hydrogen-bond donors (Lipinski definition) is 2. The Kier molecular flexibility index (Phi) is 5.21. The molecule has 30 heavy (non-hydrogen) atoms. The van der Waals surface area contributed by atoms with Crippen LogP contribution in [-0.2, 0) is 0 Å². The summed E-state index contributed by atoms with van der Waals surface area (Å²) in [5.41, 5.74) is 3.88. The summed E-state index contributed by atoms with van der Waals surface area (Å²) in [6.45, 7) is 1.99. The monoisotopic (exact) mass is 403 g/mol. The molecule has 0 saturated heterocycles. The summed E-state index contributed by atoms with van der Waals surface area (Å²) in [6, 6.07) is 14.2. The second-order valence-electron chi connectivity index (χ2n) is 6.60. The number of aromatic nitrogens is 3. The maximum atomic E-state index is 12.5. The Morgan fingerprint density at radius 2 is 1.70 bits per heavy atom. The van der Waals surface area contributed by atoms with Crippen LogP contribution in [0.3, 0.4) is 0 Å². The number of carbonyl (C=O) groups is 1. The third-order valence-corrected chi connectivity index (χ3v) is 4.65. The molecule has 2 N–H and O–H groups in total. The molecule has 0 bridgehead atoms. The summed E-state index contributed by atoms with van der Waals surface area (Å²) in [4.78, 5) is 21.4. The van der Waals surface area contributed by atoms with Gasteiger partial charge >= 0.3 is 6.03 Å². The van der Waals surface area contributed by atoms with Crippen LogP contribution in [0.1, 0.15) is 5.69 Å². The number of anilines is 2. The van der Waals surface area contributed by atoms with Crippen LogP contribution < -0.4 is 20.1 Å². The molecular formula is C22H21N5O3. The standard InChI is InChI=1S/C22H21N5O3/c1-14-20(26-21-23-8-5-9-27(14)21)15-6-4-7-16(10-15)24-22(28)25-17-11-18(29-2)13-19(12-17)30-3/h4-13H,1-3H3,(H2,24,25,28). The molecule has 0 aliphatic heterocycles. The highest BCUT2D eigenvalue weighted by Crippen LogP contribution is 2.27. The van der Waals surface area contributed by atoms with Crippen molar-refractivity contribution in [2.24, 2.45) is 0 Å². The van der Waals surface area contributed by atoms with Crippen LogP contribution in [0.4, 0.5) is 16.2 Å². The molecule has 0 aliphatic carbocycles. The number of benzene rings is 2. The molecule has 0 unspecified atom stereocenters. The third kappa shape index (κ3) is 3.88. The lowest BCUT2D eigenvalue weighted by Gasteiger charge is -2.11. The van der Waals surface area contributed by atoms with E-state index in [4.69, 9.17) is 9.47 Å². The van der Waals surface area contributed by atoms with E-state index in [0.29, 0.717) is 28.7 Å². The number of imidazole rings is 1. The highest BCUT2D eigenvalue weighted by atomic mass is 16.5. The zero-order valence-corrected chi connectivity index (χ0v) is 16.8. The van der Waals surface area contributed by atoms with Gasteiger partial charge < -0.3 is 20.1 Å². The quantitative estimate of drug-likeness (QED) is 0.517. The van der Waals surface area contributed by atoms with Gasteiger partial charge in [0.2, 0.25) is 5.78 Å². The highest BCUT2D eigenvalue weighted by molar-refractivity contribution is 6.00. The second kappa shape index (κ2) is 8.12. The van der Waals surface area contributed by atoms with Crippen LogP contribution in [0.5, 0.6) is 11.5 Å². The van der Waals surface area contributed by atoms with Crippen molar-refractivity contribution in [2.45, 2.75) is 6.92 Å². The van der Waals surface area contributed by atoms with Crippen LogP contribution in [0.25, 0.3) is 17.0 Å². The van der Waals surface area contributed by atoms with Gasteiger partial charge in [0.25, 0.3) is 0 Å². The normalized spacial score (nSPS) is 10.6. The molecule has 0 aliphatic rings. The van der Waals surface area contributed by atoms with Crippen LogP contribution >= 0.6 is 0 Å². The van der Waals surface area contributed by atoms with Crippen molar-refractivity contribution in [2.75, 3.05) is 24.9 Å². The molecule has 2 amide bonds. The number of methoxy groups -OCH3 is 2. The van der Waals surface area contributed by atoms with E-state index in [1.807, 2.05) is 47.9 Å². The minimum Gasteiger partial charge on any atom is -0.497 e. The summed E-state index contributed by atoms with van der Waals surface area (Å²) in [5, 5.41) is 5.64. The summed E-state index contributed by atoms with van der Waals surface area (Å²) >= 11 is 0. The van der Waals surface area contributed by atoms with Gasteiger partial charge in [0.05, 0.1) is 19.9 Å². The molecule has 152 valence electrons. The van der Waals surface area contributed by atoms with E-state index in [-0.39, 0.29) is 6.03 Å². The van der Waals surface area contributed by atoms with Gasteiger partial charge in [0.1, 0.15) is 11.5 Å². The fourth-order valence-corrected chi connectivity index (χ4v) is 3.19. The molecule has 2 heterocycles. The molecule has 2 aromatic carbocycles. The summed E-state index contributed by atoms with van der Waals surface area (Å²) in [5.74, 6) is 1.80. The molecule has 4 aromatic rings. The Labute approximate surface area is 173 Å². The number of fused-ring (bicyclic) bond motifs is 1. The molecule has 8 heteroatoms. The second-order valence-corrected chi connectivity index (χ2v) is 6.60. The van der Waals surface area contributed by atoms with E-state index < -0.39 is 0 Å². The van der Waals surface area contributed by atoms with Crippen molar-refractivity contribution in [3.05, 3.63) is 66.6 Å². The van der Waals surface area contributed by atoms with Crippen molar-refractivity contribution in [1.82, 2.24) is 14.4 Å². The fourth-order valence-electron chi connectivity index (χ4n) is 3.19. The van der Waals surface area contributed by atoms with Gasteiger partial charge in [-0.15, -0.1) is 0 Å².